The summed E-state index contributed by atoms with van der Waals surface area (Å²) in [5.74, 6) is 0. The van der Waals surface area contributed by atoms with Crippen LogP contribution in [-0.4, -0.2) is 25.7 Å². The molecule has 0 aromatic carbocycles. The van der Waals surface area contributed by atoms with Crippen LogP contribution in [0.1, 0.15) is 0 Å². The lowest BCUT2D eigenvalue weighted by Gasteiger charge is -1.85. The van der Waals surface area contributed by atoms with Crippen LogP contribution in [0.3, 0.4) is 0 Å². The van der Waals surface area contributed by atoms with Gasteiger partial charge in [-0.3, -0.25) is 0 Å². The van der Waals surface area contributed by atoms with Gasteiger partial charge >= 0.3 is 0 Å². The first-order valence-electron chi connectivity index (χ1n) is 1.61. The third-order valence-corrected chi connectivity index (χ3v) is 0.322. The molecule has 0 bridgehead atoms. The number of halogens is 1. The van der Waals surface area contributed by atoms with Crippen LogP contribution in [0.4, 0.5) is 0 Å². The largest absolute Gasteiger partial charge is 0.412 e. The Kier molecular flexibility index (Phi) is 36.8. The SMILES string of the molecule is COCCN.Cl.O. The highest BCUT2D eigenvalue weighted by Crippen LogP contribution is 1.53. The molecule has 0 heterocycles. The predicted octanol–water partition coefficient (Wildman–Crippen LogP) is -0.811. The van der Waals surface area contributed by atoms with Crippen LogP contribution in [0, 0.1) is 0 Å². The van der Waals surface area contributed by atoms with E-state index in [-0.39, 0.29) is 17.9 Å². The van der Waals surface area contributed by atoms with E-state index >= 15 is 0 Å². The molecule has 7 heavy (non-hydrogen) atoms. The van der Waals surface area contributed by atoms with Crippen molar-refractivity contribution in [3.63, 3.8) is 0 Å². The molecule has 0 radical (unpaired) electrons. The Labute approximate surface area is 49.6 Å². The molecule has 0 fully saturated rings. The van der Waals surface area contributed by atoms with Crippen LogP contribution in [0.5, 0.6) is 0 Å². The van der Waals surface area contributed by atoms with Crippen LogP contribution in [-0.2, 0) is 4.74 Å². The maximum absolute atomic E-state index is 5.01. The average molecular weight is 130 g/mol. The first kappa shape index (κ1) is 15.7. The van der Waals surface area contributed by atoms with Crippen molar-refractivity contribution < 1.29 is 10.2 Å². The number of rotatable bonds is 2. The number of ether oxygens (including phenoxy) is 1. The second kappa shape index (κ2) is 16.4. The van der Waals surface area contributed by atoms with E-state index in [1.54, 1.807) is 7.11 Å². The predicted molar refractivity (Wildman–Crippen MR) is 31.8 cm³/mol. The van der Waals surface area contributed by atoms with Gasteiger partial charge in [0, 0.05) is 13.7 Å². The third kappa shape index (κ3) is 22.8. The fourth-order valence-electron chi connectivity index (χ4n) is 0.118. The zero-order chi connectivity index (χ0) is 4.12. The lowest BCUT2D eigenvalue weighted by molar-refractivity contribution is 0.207. The third-order valence-electron chi connectivity index (χ3n) is 0.322. The Morgan fingerprint density at radius 2 is 2.00 bits per heavy atom. The Balaban J connectivity index is -0.0000000800. The molecule has 0 aliphatic rings. The van der Waals surface area contributed by atoms with Crippen molar-refractivity contribution in [1.82, 2.24) is 0 Å². The molecular weight excluding hydrogens is 117 g/mol. The van der Waals surface area contributed by atoms with E-state index in [0.29, 0.717) is 13.2 Å². The molecule has 4 N–H and O–H groups in total. The summed E-state index contributed by atoms with van der Waals surface area (Å²) in [5.41, 5.74) is 5.01. The highest BCUT2D eigenvalue weighted by molar-refractivity contribution is 5.85. The summed E-state index contributed by atoms with van der Waals surface area (Å²) in [4.78, 5) is 0. The number of hydrogen-bond acceptors (Lipinski definition) is 2. The molecule has 0 aliphatic heterocycles. The highest BCUT2D eigenvalue weighted by atomic mass is 35.5. The molecule has 0 rings (SSSR count). The minimum absolute atomic E-state index is 0. The van der Waals surface area contributed by atoms with E-state index in [1.807, 2.05) is 0 Å². The van der Waals surface area contributed by atoms with Gasteiger partial charge in [-0.15, -0.1) is 12.4 Å². The average Bonchev–Trinajstić information content (AvgIpc) is 1.41. The molecule has 0 atom stereocenters. The van der Waals surface area contributed by atoms with Crippen molar-refractivity contribution in [3.8, 4) is 0 Å². The van der Waals surface area contributed by atoms with Crippen molar-refractivity contribution in [1.29, 1.82) is 0 Å². The van der Waals surface area contributed by atoms with Crippen molar-refractivity contribution in [3.05, 3.63) is 0 Å². The molecular formula is C3H12ClNO2. The van der Waals surface area contributed by atoms with Crippen LogP contribution >= 0.6 is 12.4 Å². The molecule has 0 spiro atoms. The molecule has 0 aliphatic carbocycles. The lowest BCUT2D eigenvalue weighted by Crippen LogP contribution is -2.05. The quantitative estimate of drug-likeness (QED) is 0.530. The topological polar surface area (TPSA) is 66.8 Å². The standard InChI is InChI=1S/C3H9NO.ClH.H2O/c1-5-3-2-4;;/h2-4H2,1H3;1H;1H2. The van der Waals surface area contributed by atoms with Gasteiger partial charge in [-0.05, 0) is 0 Å². The second-order valence-corrected chi connectivity index (χ2v) is 0.781. The van der Waals surface area contributed by atoms with Gasteiger partial charge in [-0.2, -0.15) is 0 Å². The van der Waals surface area contributed by atoms with E-state index in [4.69, 9.17) is 5.73 Å². The second-order valence-electron chi connectivity index (χ2n) is 0.781. The normalized spacial score (nSPS) is 6.00. The van der Waals surface area contributed by atoms with Crippen LogP contribution in [0.25, 0.3) is 0 Å². The first-order chi connectivity index (χ1) is 2.41. The summed E-state index contributed by atoms with van der Waals surface area (Å²) < 4.78 is 4.57. The Bertz CT molecular complexity index is 20.4. The van der Waals surface area contributed by atoms with Crippen molar-refractivity contribution in [2.75, 3.05) is 20.3 Å². The Morgan fingerprint density at radius 1 is 1.57 bits per heavy atom. The van der Waals surface area contributed by atoms with Gasteiger partial charge in [0.05, 0.1) is 6.61 Å². The van der Waals surface area contributed by atoms with Crippen LogP contribution < -0.4 is 5.73 Å². The van der Waals surface area contributed by atoms with E-state index in [9.17, 15) is 0 Å². The number of hydrogen-bond donors (Lipinski definition) is 1. The molecule has 0 aromatic rings. The summed E-state index contributed by atoms with van der Waals surface area (Å²) in [6.45, 7) is 1.29. The number of nitrogens with two attached hydrogens (primary N) is 1. The first-order valence-corrected chi connectivity index (χ1v) is 1.61. The summed E-state index contributed by atoms with van der Waals surface area (Å²) in [5, 5.41) is 0. The Hall–Kier alpha value is 0.170. The zero-order valence-corrected chi connectivity index (χ0v) is 5.12. The lowest BCUT2D eigenvalue weighted by atomic mass is 10.7. The zero-order valence-electron chi connectivity index (χ0n) is 4.31. The van der Waals surface area contributed by atoms with Gasteiger partial charge < -0.3 is 15.9 Å². The van der Waals surface area contributed by atoms with E-state index in [2.05, 4.69) is 4.74 Å². The monoisotopic (exact) mass is 129 g/mol. The van der Waals surface area contributed by atoms with E-state index in [0.717, 1.165) is 0 Å². The van der Waals surface area contributed by atoms with Gasteiger partial charge in [-0.25, -0.2) is 0 Å². The van der Waals surface area contributed by atoms with Crippen LogP contribution in [0.15, 0.2) is 0 Å². The van der Waals surface area contributed by atoms with Gasteiger partial charge in [0.15, 0.2) is 0 Å². The van der Waals surface area contributed by atoms with E-state index in [1.165, 1.54) is 0 Å². The van der Waals surface area contributed by atoms with Crippen LogP contribution in [0.2, 0.25) is 0 Å². The molecule has 0 saturated carbocycles. The minimum atomic E-state index is 0. The van der Waals surface area contributed by atoms with Crippen molar-refractivity contribution in [2.24, 2.45) is 5.73 Å². The molecule has 0 amide bonds. The van der Waals surface area contributed by atoms with Gasteiger partial charge in [0.25, 0.3) is 0 Å². The van der Waals surface area contributed by atoms with Gasteiger partial charge in [0.2, 0.25) is 0 Å². The summed E-state index contributed by atoms with van der Waals surface area (Å²) in [7, 11) is 1.63. The molecule has 4 heteroatoms. The van der Waals surface area contributed by atoms with Crippen molar-refractivity contribution >= 4 is 12.4 Å². The van der Waals surface area contributed by atoms with Crippen molar-refractivity contribution in [2.45, 2.75) is 0 Å². The Morgan fingerprint density at radius 3 is 2.00 bits per heavy atom. The van der Waals surface area contributed by atoms with E-state index < -0.39 is 0 Å². The smallest absolute Gasteiger partial charge is 0.0584 e. The molecule has 0 aromatic heterocycles. The molecule has 48 valence electrons. The van der Waals surface area contributed by atoms with Gasteiger partial charge in [-0.1, -0.05) is 0 Å². The fraction of sp³-hybridized carbons (Fsp3) is 1.00. The number of methoxy groups -OCH3 is 1. The molecule has 0 saturated heterocycles. The summed E-state index contributed by atoms with van der Waals surface area (Å²) >= 11 is 0. The fourth-order valence-corrected chi connectivity index (χ4v) is 0.118. The minimum Gasteiger partial charge on any atom is -0.412 e. The maximum atomic E-state index is 5.01. The van der Waals surface area contributed by atoms with Gasteiger partial charge in [0.1, 0.15) is 0 Å². The highest BCUT2D eigenvalue weighted by Gasteiger charge is 1.65. The molecule has 0 unspecified atom stereocenters. The summed E-state index contributed by atoms with van der Waals surface area (Å²) in [6.07, 6.45) is 0. The maximum Gasteiger partial charge on any atom is 0.0584 e. The summed E-state index contributed by atoms with van der Waals surface area (Å²) in [6, 6.07) is 0. The molecule has 3 nitrogen and oxygen atoms in total.